The second-order valence-electron chi connectivity index (χ2n) is 1.32. The standard InChI is InChI=1S/C2H2F3O5P/c3-2(4,5)1(6)10-11(7,8)9/h(H2,7,8,9)/p-2. The molecule has 0 amide bonds. The summed E-state index contributed by atoms with van der Waals surface area (Å²) in [5.74, 6) is -3.04. The van der Waals surface area contributed by atoms with E-state index in [1.165, 1.54) is 0 Å². The molecule has 0 saturated heterocycles. The van der Waals surface area contributed by atoms with Crippen LogP contribution in [0.5, 0.6) is 0 Å². The van der Waals surface area contributed by atoms with Crippen molar-refractivity contribution in [3.63, 3.8) is 0 Å². The minimum absolute atomic E-state index is 2.48. The van der Waals surface area contributed by atoms with Crippen LogP contribution in [-0.4, -0.2) is 12.1 Å². The van der Waals surface area contributed by atoms with Gasteiger partial charge in [0.15, 0.2) is 0 Å². The van der Waals surface area contributed by atoms with Crippen molar-refractivity contribution in [1.29, 1.82) is 0 Å². The Morgan fingerprint density at radius 1 is 1.36 bits per heavy atom. The first-order chi connectivity index (χ1) is 4.63. The molecule has 0 N–H and O–H groups in total. The molecule has 0 radical (unpaired) electrons. The molecular weight excluding hydrogens is 192 g/mol. The monoisotopic (exact) mass is 192 g/mol. The van der Waals surface area contributed by atoms with E-state index < -0.39 is 20.0 Å². The highest BCUT2D eigenvalue weighted by molar-refractivity contribution is 7.43. The number of phosphoric ester groups is 1. The van der Waals surface area contributed by atoms with Gasteiger partial charge in [0, 0.05) is 0 Å². The SMILES string of the molecule is O=C(OP(=O)([O-])[O-])C(F)(F)F. The number of phosphoric acid groups is 1. The number of halogens is 3. The summed E-state index contributed by atoms with van der Waals surface area (Å²) in [4.78, 5) is 28.4. The van der Waals surface area contributed by atoms with Gasteiger partial charge < -0.3 is 18.9 Å². The van der Waals surface area contributed by atoms with Gasteiger partial charge in [0.1, 0.15) is 7.82 Å². The summed E-state index contributed by atoms with van der Waals surface area (Å²) in [6.45, 7) is 0. The van der Waals surface area contributed by atoms with E-state index >= 15 is 0 Å². The van der Waals surface area contributed by atoms with Crippen molar-refractivity contribution in [2.24, 2.45) is 0 Å². The van der Waals surface area contributed by atoms with Crippen molar-refractivity contribution in [3.8, 4) is 0 Å². The summed E-state index contributed by atoms with van der Waals surface area (Å²) in [5.41, 5.74) is 0. The summed E-state index contributed by atoms with van der Waals surface area (Å²) in [5, 5.41) is 0. The molecule has 0 rings (SSSR count). The molecular formula is C2F3O5P-2. The Morgan fingerprint density at radius 2 is 1.73 bits per heavy atom. The van der Waals surface area contributed by atoms with Crippen LogP contribution < -0.4 is 9.79 Å². The summed E-state index contributed by atoms with van der Waals surface area (Å²) in [7, 11) is -5.89. The van der Waals surface area contributed by atoms with Crippen LogP contribution in [0.1, 0.15) is 0 Å². The van der Waals surface area contributed by atoms with Crippen LogP contribution >= 0.6 is 7.82 Å². The molecule has 0 saturated carbocycles. The molecule has 11 heavy (non-hydrogen) atoms. The smallest absolute Gasteiger partial charge is 0.491 e. The van der Waals surface area contributed by atoms with Crippen molar-refractivity contribution in [2.75, 3.05) is 0 Å². The van der Waals surface area contributed by atoms with Gasteiger partial charge in [0.05, 0.1) is 0 Å². The van der Waals surface area contributed by atoms with Gasteiger partial charge in [-0.05, 0) is 0 Å². The highest BCUT2D eigenvalue weighted by Gasteiger charge is 2.41. The zero-order valence-electron chi connectivity index (χ0n) is 4.62. The summed E-state index contributed by atoms with van der Waals surface area (Å²) in [6.07, 6.45) is -5.47. The fourth-order valence-corrected chi connectivity index (χ4v) is 0.460. The molecule has 0 aliphatic heterocycles. The predicted octanol–water partition coefficient (Wildman–Crippen LogP) is -1.08. The van der Waals surface area contributed by atoms with Crippen LogP contribution in [0.25, 0.3) is 0 Å². The minimum atomic E-state index is -5.89. The first-order valence-corrected chi connectivity index (χ1v) is 3.42. The molecule has 0 aliphatic carbocycles. The lowest BCUT2D eigenvalue weighted by Gasteiger charge is -2.27. The van der Waals surface area contributed by atoms with Gasteiger partial charge in [-0.3, -0.25) is 0 Å². The number of hydrogen-bond acceptors (Lipinski definition) is 5. The zero-order chi connectivity index (χ0) is 9.28. The van der Waals surface area contributed by atoms with E-state index in [4.69, 9.17) is 0 Å². The lowest BCUT2D eigenvalue weighted by Crippen LogP contribution is -2.29. The Morgan fingerprint density at radius 3 is 1.82 bits per heavy atom. The maximum atomic E-state index is 11.1. The van der Waals surface area contributed by atoms with Crippen LogP contribution in [0.15, 0.2) is 0 Å². The Labute approximate surface area is 58.0 Å². The third-order valence-corrected chi connectivity index (χ3v) is 0.816. The number of hydrogen-bond donors (Lipinski definition) is 0. The van der Waals surface area contributed by atoms with Crippen molar-refractivity contribution >= 4 is 13.8 Å². The zero-order valence-corrected chi connectivity index (χ0v) is 5.52. The largest absolute Gasteiger partial charge is 0.780 e. The second kappa shape index (κ2) is 2.80. The van der Waals surface area contributed by atoms with Crippen LogP contribution in [0.3, 0.4) is 0 Å². The molecule has 0 atom stereocenters. The van der Waals surface area contributed by atoms with Crippen LogP contribution in [0, 0.1) is 0 Å². The maximum absolute atomic E-state index is 11.1. The number of rotatable bonds is 1. The number of alkyl halides is 3. The normalized spacial score (nSPS) is 12.8. The number of carbonyl (C=O) groups is 1. The van der Waals surface area contributed by atoms with Gasteiger partial charge in [-0.25, -0.2) is 4.79 Å². The van der Waals surface area contributed by atoms with Crippen molar-refractivity contribution in [3.05, 3.63) is 0 Å². The van der Waals surface area contributed by atoms with Crippen LogP contribution in [0.2, 0.25) is 0 Å². The molecule has 9 heteroatoms. The lowest BCUT2D eigenvalue weighted by atomic mass is 10.7. The van der Waals surface area contributed by atoms with E-state index in [-0.39, 0.29) is 0 Å². The molecule has 0 aromatic heterocycles. The highest BCUT2D eigenvalue weighted by atomic mass is 31.2. The molecule has 0 heterocycles. The predicted molar refractivity (Wildman–Crippen MR) is 19.8 cm³/mol. The van der Waals surface area contributed by atoms with Crippen molar-refractivity contribution in [2.45, 2.75) is 6.18 Å². The van der Waals surface area contributed by atoms with Gasteiger partial charge in [0.2, 0.25) is 0 Å². The van der Waals surface area contributed by atoms with E-state index in [9.17, 15) is 32.3 Å². The summed E-state index contributed by atoms with van der Waals surface area (Å²) in [6, 6.07) is 0. The van der Waals surface area contributed by atoms with E-state index in [2.05, 4.69) is 4.52 Å². The van der Waals surface area contributed by atoms with E-state index in [0.29, 0.717) is 0 Å². The van der Waals surface area contributed by atoms with E-state index in [1.54, 1.807) is 0 Å². The summed E-state index contributed by atoms with van der Waals surface area (Å²) < 4.78 is 45.2. The van der Waals surface area contributed by atoms with Crippen molar-refractivity contribution < 1.29 is 36.8 Å². The third kappa shape index (κ3) is 4.77. The van der Waals surface area contributed by atoms with Gasteiger partial charge in [0.25, 0.3) is 0 Å². The average Bonchev–Trinajstić information content (AvgIpc) is 1.56. The molecule has 5 nitrogen and oxygen atoms in total. The van der Waals surface area contributed by atoms with Crippen LogP contribution in [0.4, 0.5) is 13.2 Å². The number of carbonyl (C=O) groups excluding carboxylic acids is 1. The lowest BCUT2D eigenvalue weighted by molar-refractivity contribution is -0.340. The van der Waals surface area contributed by atoms with E-state index in [0.717, 1.165) is 0 Å². The van der Waals surface area contributed by atoms with Crippen LogP contribution in [-0.2, 0) is 13.9 Å². The van der Waals surface area contributed by atoms with Gasteiger partial charge in [-0.2, -0.15) is 13.2 Å². The Bertz CT molecular complexity index is 202. The third-order valence-electron chi connectivity index (χ3n) is 0.426. The molecule has 66 valence electrons. The fourth-order valence-electron chi connectivity index (χ4n) is 0.153. The highest BCUT2D eigenvalue weighted by Crippen LogP contribution is 2.29. The molecule has 0 fully saturated rings. The fraction of sp³-hybridized carbons (Fsp3) is 0.500. The van der Waals surface area contributed by atoms with Crippen molar-refractivity contribution in [1.82, 2.24) is 0 Å². The average molecular weight is 192 g/mol. The summed E-state index contributed by atoms with van der Waals surface area (Å²) >= 11 is 0. The molecule has 0 spiro atoms. The van der Waals surface area contributed by atoms with E-state index in [1.807, 2.05) is 0 Å². The second-order valence-corrected chi connectivity index (χ2v) is 2.40. The quantitative estimate of drug-likeness (QED) is 0.493. The molecule has 0 aromatic rings. The Hall–Kier alpha value is -0.590. The first-order valence-electron chi connectivity index (χ1n) is 1.96. The molecule has 0 aromatic carbocycles. The molecule has 0 unspecified atom stereocenters. The molecule has 0 aliphatic rings. The topological polar surface area (TPSA) is 89.5 Å². The molecule has 0 bridgehead atoms. The van der Waals surface area contributed by atoms with Gasteiger partial charge in [-0.15, -0.1) is 0 Å². The van der Waals surface area contributed by atoms with Gasteiger partial charge >= 0.3 is 12.1 Å². The first kappa shape index (κ1) is 10.4. The van der Waals surface area contributed by atoms with Gasteiger partial charge in [-0.1, -0.05) is 0 Å². The Balaban J connectivity index is 4.23. The minimum Gasteiger partial charge on any atom is -0.780 e. The Kier molecular flexibility index (Phi) is 2.65. The maximum Gasteiger partial charge on any atom is 0.491 e.